The summed E-state index contributed by atoms with van der Waals surface area (Å²) in [6, 6.07) is 9.28. The molecule has 1 fully saturated rings. The summed E-state index contributed by atoms with van der Waals surface area (Å²) in [5.74, 6) is 0.509. The highest BCUT2D eigenvalue weighted by molar-refractivity contribution is 9.10. The van der Waals surface area contributed by atoms with Crippen LogP contribution in [-0.2, 0) is 4.79 Å². The summed E-state index contributed by atoms with van der Waals surface area (Å²) in [5, 5.41) is 3.54. The van der Waals surface area contributed by atoms with Gasteiger partial charge >= 0.3 is 0 Å². The van der Waals surface area contributed by atoms with Crippen LogP contribution in [0.3, 0.4) is 0 Å². The molecule has 1 aromatic carbocycles. The SMILES string of the molecule is NC(=O)CCCCNC1CC(c2ccc(Br)cc2)C1. The molecule has 0 aliphatic heterocycles. The number of carbonyl (C=O) groups is 1. The second-order valence-electron chi connectivity index (χ2n) is 5.29. The Labute approximate surface area is 123 Å². The topological polar surface area (TPSA) is 55.1 Å². The summed E-state index contributed by atoms with van der Waals surface area (Å²) in [4.78, 5) is 10.6. The van der Waals surface area contributed by atoms with Gasteiger partial charge in [-0.05, 0) is 55.8 Å². The maximum absolute atomic E-state index is 10.6. The Bertz CT molecular complexity index is 413. The van der Waals surface area contributed by atoms with Crippen molar-refractivity contribution in [2.24, 2.45) is 5.73 Å². The predicted octanol–water partition coefficient (Wildman–Crippen LogP) is 2.94. The van der Waals surface area contributed by atoms with Crippen molar-refractivity contribution >= 4 is 21.8 Å². The van der Waals surface area contributed by atoms with Crippen molar-refractivity contribution in [3.8, 4) is 0 Å². The Morgan fingerprint density at radius 1 is 1.26 bits per heavy atom. The normalized spacial score (nSPS) is 21.9. The molecule has 0 radical (unpaired) electrons. The molecule has 2 rings (SSSR count). The van der Waals surface area contributed by atoms with Gasteiger partial charge in [0.25, 0.3) is 0 Å². The molecule has 104 valence electrons. The Balaban J connectivity index is 1.59. The van der Waals surface area contributed by atoms with Crippen molar-refractivity contribution in [3.05, 3.63) is 34.3 Å². The summed E-state index contributed by atoms with van der Waals surface area (Å²) in [6.07, 6.45) is 4.87. The third-order valence-corrected chi connectivity index (χ3v) is 4.29. The predicted molar refractivity (Wildman–Crippen MR) is 81.0 cm³/mol. The first-order valence-electron chi connectivity index (χ1n) is 6.92. The van der Waals surface area contributed by atoms with E-state index in [0.29, 0.717) is 18.4 Å². The molecule has 1 amide bonds. The average molecular weight is 325 g/mol. The molecule has 1 aliphatic rings. The fourth-order valence-electron chi connectivity index (χ4n) is 2.52. The average Bonchev–Trinajstić information content (AvgIpc) is 2.32. The number of carbonyl (C=O) groups excluding carboxylic acids is 1. The van der Waals surface area contributed by atoms with Gasteiger partial charge in [0.1, 0.15) is 0 Å². The zero-order valence-electron chi connectivity index (χ0n) is 11.1. The van der Waals surface area contributed by atoms with Gasteiger partial charge in [0.2, 0.25) is 5.91 Å². The van der Waals surface area contributed by atoms with E-state index in [1.54, 1.807) is 0 Å². The molecule has 0 atom stereocenters. The van der Waals surface area contributed by atoms with Crippen LogP contribution in [0.15, 0.2) is 28.7 Å². The van der Waals surface area contributed by atoms with Crippen LogP contribution >= 0.6 is 15.9 Å². The zero-order chi connectivity index (χ0) is 13.7. The first kappa shape index (κ1) is 14.5. The Hall–Kier alpha value is -0.870. The van der Waals surface area contributed by atoms with Crippen LogP contribution < -0.4 is 11.1 Å². The van der Waals surface area contributed by atoms with Crippen LogP contribution in [0.4, 0.5) is 0 Å². The van der Waals surface area contributed by atoms with Crippen LogP contribution in [0.2, 0.25) is 0 Å². The minimum Gasteiger partial charge on any atom is -0.370 e. The van der Waals surface area contributed by atoms with Crippen LogP contribution in [0, 0.1) is 0 Å². The van der Waals surface area contributed by atoms with E-state index >= 15 is 0 Å². The van der Waals surface area contributed by atoms with E-state index in [1.807, 2.05) is 0 Å². The summed E-state index contributed by atoms with van der Waals surface area (Å²) in [5.41, 5.74) is 6.54. The van der Waals surface area contributed by atoms with E-state index in [1.165, 1.54) is 18.4 Å². The number of amides is 1. The van der Waals surface area contributed by atoms with Gasteiger partial charge in [0, 0.05) is 16.9 Å². The van der Waals surface area contributed by atoms with Crippen LogP contribution in [0.1, 0.15) is 43.6 Å². The Morgan fingerprint density at radius 2 is 1.95 bits per heavy atom. The molecule has 0 unspecified atom stereocenters. The first-order valence-corrected chi connectivity index (χ1v) is 7.71. The lowest BCUT2D eigenvalue weighted by Gasteiger charge is -2.36. The molecule has 1 aliphatic carbocycles. The number of halogens is 1. The lowest BCUT2D eigenvalue weighted by molar-refractivity contribution is -0.118. The molecular weight excluding hydrogens is 304 g/mol. The summed E-state index contributed by atoms with van der Waals surface area (Å²) in [7, 11) is 0. The summed E-state index contributed by atoms with van der Waals surface area (Å²) in [6.45, 7) is 0.991. The van der Waals surface area contributed by atoms with Crippen molar-refractivity contribution in [1.82, 2.24) is 5.32 Å². The molecule has 4 heteroatoms. The van der Waals surface area contributed by atoms with E-state index in [0.717, 1.165) is 23.9 Å². The fraction of sp³-hybridized carbons (Fsp3) is 0.533. The summed E-state index contributed by atoms with van der Waals surface area (Å²) < 4.78 is 1.14. The van der Waals surface area contributed by atoms with Gasteiger partial charge in [0.15, 0.2) is 0 Å². The van der Waals surface area contributed by atoms with Gasteiger partial charge in [-0.1, -0.05) is 28.1 Å². The molecule has 3 nitrogen and oxygen atoms in total. The highest BCUT2D eigenvalue weighted by Crippen LogP contribution is 2.37. The molecule has 0 spiro atoms. The van der Waals surface area contributed by atoms with Gasteiger partial charge in [-0.15, -0.1) is 0 Å². The van der Waals surface area contributed by atoms with Gasteiger partial charge in [-0.3, -0.25) is 4.79 Å². The fourth-order valence-corrected chi connectivity index (χ4v) is 2.79. The summed E-state index contributed by atoms with van der Waals surface area (Å²) >= 11 is 3.46. The number of primary amides is 1. The standard InChI is InChI=1S/C15H21BrN2O/c16-13-6-4-11(5-7-13)12-9-14(10-12)18-8-2-1-3-15(17)19/h4-7,12,14,18H,1-3,8-10H2,(H2,17,19). The quantitative estimate of drug-likeness (QED) is 0.757. The van der Waals surface area contributed by atoms with E-state index in [9.17, 15) is 4.79 Å². The second kappa shape index (κ2) is 7.06. The second-order valence-corrected chi connectivity index (χ2v) is 6.21. The van der Waals surface area contributed by atoms with Crippen molar-refractivity contribution in [3.63, 3.8) is 0 Å². The van der Waals surface area contributed by atoms with Gasteiger partial charge in [-0.25, -0.2) is 0 Å². The number of hydrogen-bond donors (Lipinski definition) is 2. The Morgan fingerprint density at radius 3 is 2.58 bits per heavy atom. The van der Waals surface area contributed by atoms with Crippen LogP contribution in [-0.4, -0.2) is 18.5 Å². The van der Waals surface area contributed by atoms with Crippen molar-refractivity contribution in [2.75, 3.05) is 6.54 Å². The van der Waals surface area contributed by atoms with E-state index in [-0.39, 0.29) is 5.91 Å². The Kier molecular flexibility index (Phi) is 5.40. The molecule has 0 aromatic heterocycles. The van der Waals surface area contributed by atoms with Crippen LogP contribution in [0.25, 0.3) is 0 Å². The number of nitrogens with one attached hydrogen (secondary N) is 1. The van der Waals surface area contributed by atoms with E-state index < -0.39 is 0 Å². The monoisotopic (exact) mass is 324 g/mol. The van der Waals surface area contributed by atoms with Gasteiger partial charge < -0.3 is 11.1 Å². The minimum absolute atomic E-state index is 0.195. The molecule has 0 heterocycles. The molecule has 0 saturated heterocycles. The van der Waals surface area contributed by atoms with E-state index in [2.05, 4.69) is 45.5 Å². The third-order valence-electron chi connectivity index (χ3n) is 3.76. The number of benzene rings is 1. The maximum Gasteiger partial charge on any atom is 0.217 e. The molecule has 1 saturated carbocycles. The smallest absolute Gasteiger partial charge is 0.217 e. The number of rotatable bonds is 7. The zero-order valence-corrected chi connectivity index (χ0v) is 12.7. The van der Waals surface area contributed by atoms with Gasteiger partial charge in [0.05, 0.1) is 0 Å². The van der Waals surface area contributed by atoms with Crippen molar-refractivity contribution in [2.45, 2.75) is 44.1 Å². The number of unbranched alkanes of at least 4 members (excludes halogenated alkanes) is 1. The first-order chi connectivity index (χ1) is 9.15. The lowest BCUT2D eigenvalue weighted by Crippen LogP contribution is -2.40. The molecule has 0 bridgehead atoms. The van der Waals surface area contributed by atoms with Crippen molar-refractivity contribution < 1.29 is 4.79 Å². The third kappa shape index (κ3) is 4.62. The molecule has 1 aromatic rings. The number of hydrogen-bond acceptors (Lipinski definition) is 2. The van der Waals surface area contributed by atoms with E-state index in [4.69, 9.17) is 5.73 Å². The molecular formula is C15H21BrN2O. The van der Waals surface area contributed by atoms with Gasteiger partial charge in [-0.2, -0.15) is 0 Å². The van der Waals surface area contributed by atoms with Crippen LogP contribution in [0.5, 0.6) is 0 Å². The highest BCUT2D eigenvalue weighted by atomic mass is 79.9. The number of nitrogens with two attached hydrogens (primary N) is 1. The minimum atomic E-state index is -0.195. The molecule has 19 heavy (non-hydrogen) atoms. The highest BCUT2D eigenvalue weighted by Gasteiger charge is 2.29. The largest absolute Gasteiger partial charge is 0.370 e. The van der Waals surface area contributed by atoms with Crippen molar-refractivity contribution in [1.29, 1.82) is 0 Å². The maximum atomic E-state index is 10.6. The lowest BCUT2D eigenvalue weighted by atomic mass is 9.76. The molecule has 3 N–H and O–H groups in total.